The number of halogens is 2. The van der Waals surface area contributed by atoms with Crippen LogP contribution in [0.25, 0.3) is 0 Å². The monoisotopic (exact) mass is 332 g/mol. The molecule has 1 unspecified atom stereocenters. The Bertz CT molecular complexity index is 646. The molecule has 0 amide bonds. The Morgan fingerprint density at radius 2 is 2.05 bits per heavy atom. The Hall–Kier alpha value is -1.48. The van der Waals surface area contributed by atoms with Gasteiger partial charge in [0, 0.05) is 16.8 Å². The summed E-state index contributed by atoms with van der Waals surface area (Å²) >= 11 is 3.26. The molecule has 0 N–H and O–H groups in total. The molecule has 0 radical (unpaired) electrons. The van der Waals surface area contributed by atoms with Crippen LogP contribution in [0.15, 0.2) is 46.9 Å². The van der Waals surface area contributed by atoms with Crippen LogP contribution in [-0.4, -0.2) is 5.78 Å². The number of benzene rings is 2. The van der Waals surface area contributed by atoms with Crippen molar-refractivity contribution >= 4 is 21.7 Å². The van der Waals surface area contributed by atoms with Crippen LogP contribution in [0.1, 0.15) is 29.0 Å². The van der Waals surface area contributed by atoms with Crippen molar-refractivity contribution in [3.8, 4) is 0 Å². The first-order valence-electron chi connectivity index (χ1n) is 6.69. The largest absolute Gasteiger partial charge is 0.299 e. The highest BCUT2D eigenvalue weighted by Gasteiger charge is 2.27. The lowest BCUT2D eigenvalue weighted by molar-refractivity contribution is -0.119. The lowest BCUT2D eigenvalue weighted by atomic mass is 9.92. The number of Topliss-reactive ketones (excluding diaryl/α,β-unsaturated/α-hetero) is 1. The third-order valence-corrected chi connectivity index (χ3v) is 4.28. The highest BCUT2D eigenvalue weighted by Crippen LogP contribution is 2.34. The molecule has 0 spiro atoms. The number of fused-ring (bicyclic) bond motifs is 1. The maximum absolute atomic E-state index is 13.4. The first-order chi connectivity index (χ1) is 9.63. The van der Waals surface area contributed by atoms with Crippen LogP contribution in [0.5, 0.6) is 0 Å². The second-order valence-corrected chi connectivity index (χ2v) is 6.13. The van der Waals surface area contributed by atoms with Crippen LogP contribution in [-0.2, 0) is 17.6 Å². The second kappa shape index (κ2) is 5.49. The smallest absolute Gasteiger partial charge is 0.144 e. The fourth-order valence-electron chi connectivity index (χ4n) is 2.93. The number of carbonyl (C=O) groups is 1. The molecule has 1 nitrogen and oxygen atoms in total. The topological polar surface area (TPSA) is 17.1 Å². The summed E-state index contributed by atoms with van der Waals surface area (Å²) in [5.74, 6) is -0.172. The van der Waals surface area contributed by atoms with Crippen LogP contribution in [0.2, 0.25) is 0 Å². The summed E-state index contributed by atoms with van der Waals surface area (Å²) in [6.45, 7) is 0. The fraction of sp³-hybridized carbons (Fsp3) is 0.235. The Balaban J connectivity index is 1.81. The predicted molar refractivity (Wildman–Crippen MR) is 80.3 cm³/mol. The normalized spacial score (nSPS) is 17.0. The van der Waals surface area contributed by atoms with E-state index in [0.717, 1.165) is 24.0 Å². The van der Waals surface area contributed by atoms with Gasteiger partial charge in [-0.3, -0.25) is 4.79 Å². The van der Waals surface area contributed by atoms with Crippen molar-refractivity contribution in [3.05, 3.63) is 69.4 Å². The summed E-state index contributed by atoms with van der Waals surface area (Å²) in [6.07, 6.45) is 2.11. The zero-order valence-electron chi connectivity index (χ0n) is 10.9. The number of hydrogen-bond acceptors (Lipinski definition) is 1. The summed E-state index contributed by atoms with van der Waals surface area (Å²) in [5, 5.41) is 0. The standard InChI is InChI=1S/C17H14BrFO/c18-13-7-11(8-14(19)10-13)9-17(20)16-6-5-12-3-1-2-4-15(12)16/h1-4,7-8,10,16H,5-6,9H2. The number of carbonyl (C=O) groups excluding carboxylic acids is 1. The van der Waals surface area contributed by atoms with E-state index >= 15 is 0 Å². The SMILES string of the molecule is O=C(Cc1cc(F)cc(Br)c1)C1CCc2ccccc21. The number of ketones is 1. The summed E-state index contributed by atoms with van der Waals surface area (Å²) in [7, 11) is 0. The molecule has 0 bridgehead atoms. The zero-order chi connectivity index (χ0) is 14.1. The van der Waals surface area contributed by atoms with E-state index in [9.17, 15) is 9.18 Å². The van der Waals surface area contributed by atoms with Crippen LogP contribution >= 0.6 is 15.9 Å². The molecule has 3 rings (SSSR count). The third-order valence-electron chi connectivity index (χ3n) is 3.82. The molecular weight excluding hydrogens is 319 g/mol. The predicted octanol–water partition coefficient (Wildman–Crippen LogP) is 4.43. The van der Waals surface area contributed by atoms with Crippen molar-refractivity contribution in [2.24, 2.45) is 0 Å². The van der Waals surface area contributed by atoms with Crippen molar-refractivity contribution in [2.45, 2.75) is 25.2 Å². The second-order valence-electron chi connectivity index (χ2n) is 5.21. The van der Waals surface area contributed by atoms with E-state index in [1.807, 2.05) is 24.3 Å². The number of hydrogen-bond donors (Lipinski definition) is 0. The van der Waals surface area contributed by atoms with Gasteiger partial charge in [0.1, 0.15) is 11.6 Å². The van der Waals surface area contributed by atoms with Gasteiger partial charge >= 0.3 is 0 Å². The van der Waals surface area contributed by atoms with Gasteiger partial charge < -0.3 is 0 Å². The molecule has 0 saturated carbocycles. The van der Waals surface area contributed by atoms with E-state index in [0.29, 0.717) is 4.47 Å². The highest BCUT2D eigenvalue weighted by molar-refractivity contribution is 9.10. The van der Waals surface area contributed by atoms with Crippen molar-refractivity contribution in [2.75, 3.05) is 0 Å². The van der Waals surface area contributed by atoms with Crippen LogP contribution in [0, 0.1) is 5.82 Å². The Labute approximate surface area is 126 Å². The summed E-state index contributed by atoms with van der Waals surface area (Å²) in [5.41, 5.74) is 3.14. The average molecular weight is 333 g/mol. The van der Waals surface area contributed by atoms with Gasteiger partial charge in [-0.15, -0.1) is 0 Å². The van der Waals surface area contributed by atoms with Gasteiger partial charge in [-0.2, -0.15) is 0 Å². The number of rotatable bonds is 3. The minimum atomic E-state index is -0.311. The molecule has 102 valence electrons. The quantitative estimate of drug-likeness (QED) is 0.812. The van der Waals surface area contributed by atoms with E-state index < -0.39 is 0 Å². The van der Waals surface area contributed by atoms with E-state index in [4.69, 9.17) is 0 Å². The average Bonchev–Trinajstić information content (AvgIpc) is 2.81. The molecule has 0 aliphatic heterocycles. The molecule has 0 saturated heterocycles. The fourth-order valence-corrected chi connectivity index (χ4v) is 3.44. The minimum Gasteiger partial charge on any atom is -0.299 e. The van der Waals surface area contributed by atoms with Gasteiger partial charge in [0.15, 0.2) is 0 Å². The molecule has 1 atom stereocenters. The van der Waals surface area contributed by atoms with Gasteiger partial charge in [0.2, 0.25) is 0 Å². The van der Waals surface area contributed by atoms with Gasteiger partial charge in [0.05, 0.1) is 0 Å². The Morgan fingerprint density at radius 1 is 1.25 bits per heavy atom. The first kappa shape index (κ1) is 13.5. The molecule has 20 heavy (non-hydrogen) atoms. The van der Waals surface area contributed by atoms with Crippen LogP contribution < -0.4 is 0 Å². The molecule has 0 aromatic heterocycles. The van der Waals surface area contributed by atoms with Crippen LogP contribution in [0.3, 0.4) is 0 Å². The van der Waals surface area contributed by atoms with Crippen molar-refractivity contribution < 1.29 is 9.18 Å². The number of aryl methyl sites for hydroxylation is 1. The van der Waals surface area contributed by atoms with Gasteiger partial charge in [-0.1, -0.05) is 40.2 Å². The minimum absolute atomic E-state index is 0.0340. The third kappa shape index (κ3) is 2.68. The molecule has 2 aromatic rings. The van der Waals surface area contributed by atoms with Crippen molar-refractivity contribution in [1.29, 1.82) is 0 Å². The van der Waals surface area contributed by atoms with E-state index in [-0.39, 0.29) is 23.9 Å². The molecule has 2 aromatic carbocycles. The summed E-state index contributed by atoms with van der Waals surface area (Å²) < 4.78 is 14.0. The van der Waals surface area contributed by atoms with Crippen molar-refractivity contribution in [1.82, 2.24) is 0 Å². The van der Waals surface area contributed by atoms with E-state index in [2.05, 4.69) is 22.0 Å². The Kier molecular flexibility index (Phi) is 3.70. The molecule has 0 heterocycles. The van der Waals surface area contributed by atoms with Gasteiger partial charge in [-0.25, -0.2) is 4.39 Å². The lowest BCUT2D eigenvalue weighted by Gasteiger charge is -2.11. The molecule has 0 fully saturated rings. The van der Waals surface area contributed by atoms with Crippen LogP contribution in [0.4, 0.5) is 4.39 Å². The molecule has 1 aliphatic carbocycles. The molecular formula is C17H14BrFO. The van der Waals surface area contributed by atoms with Gasteiger partial charge in [-0.05, 0) is 47.7 Å². The summed E-state index contributed by atoms with van der Waals surface area (Å²) in [4.78, 5) is 12.5. The van der Waals surface area contributed by atoms with Crippen molar-refractivity contribution in [3.63, 3.8) is 0 Å². The maximum atomic E-state index is 13.4. The molecule has 1 aliphatic rings. The van der Waals surface area contributed by atoms with Gasteiger partial charge in [0.25, 0.3) is 0 Å². The zero-order valence-corrected chi connectivity index (χ0v) is 12.5. The van der Waals surface area contributed by atoms with E-state index in [1.54, 1.807) is 0 Å². The maximum Gasteiger partial charge on any atom is 0.144 e. The Morgan fingerprint density at radius 3 is 2.85 bits per heavy atom. The highest BCUT2D eigenvalue weighted by atomic mass is 79.9. The van der Waals surface area contributed by atoms with E-state index in [1.165, 1.54) is 17.7 Å². The summed E-state index contributed by atoms with van der Waals surface area (Å²) in [6, 6.07) is 12.7. The molecule has 3 heteroatoms. The first-order valence-corrected chi connectivity index (χ1v) is 7.48. The lowest BCUT2D eigenvalue weighted by Crippen LogP contribution is -2.12.